The van der Waals surface area contributed by atoms with Crippen LogP contribution in [0.3, 0.4) is 0 Å². The molecule has 1 fully saturated rings. The van der Waals surface area contributed by atoms with E-state index in [0.717, 1.165) is 16.2 Å². The van der Waals surface area contributed by atoms with Crippen molar-refractivity contribution in [3.05, 3.63) is 57.3 Å². The summed E-state index contributed by atoms with van der Waals surface area (Å²) in [7, 11) is 3.84. The molecule has 2 heterocycles. The van der Waals surface area contributed by atoms with Gasteiger partial charge in [0.05, 0.1) is 18.2 Å². The molecule has 2 aromatic rings. The van der Waals surface area contributed by atoms with Crippen molar-refractivity contribution in [1.82, 2.24) is 9.80 Å². The SMILES string of the molecule is CCOc1ccc(/C(O)=C2/C(=O)C(=O)N(CCN(C)C)C2c2cccs2)cc1C(C)(C)C. The van der Waals surface area contributed by atoms with Gasteiger partial charge in [0.15, 0.2) is 0 Å². The first kappa shape index (κ1) is 24.0. The lowest BCUT2D eigenvalue weighted by atomic mass is 9.84. The lowest BCUT2D eigenvalue weighted by Crippen LogP contribution is -2.35. The van der Waals surface area contributed by atoms with Crippen molar-refractivity contribution in [2.75, 3.05) is 33.8 Å². The van der Waals surface area contributed by atoms with E-state index < -0.39 is 17.7 Å². The third-order valence-corrected chi connectivity index (χ3v) is 6.43. The standard InChI is InChI=1S/C25H32N2O4S/c1-7-31-18-11-10-16(15-17(18)25(2,3)4)22(28)20-21(19-9-8-14-32-19)27(13-12-26(5)6)24(30)23(20)29/h8-11,14-15,21,28H,7,12-13H2,1-6H3/b22-20-. The second kappa shape index (κ2) is 9.46. The highest BCUT2D eigenvalue weighted by molar-refractivity contribution is 7.10. The van der Waals surface area contributed by atoms with Crippen LogP contribution in [0.4, 0.5) is 0 Å². The number of likely N-dealkylation sites (N-methyl/N-ethyl adjacent to an activating group) is 1. The largest absolute Gasteiger partial charge is 0.507 e. The summed E-state index contributed by atoms with van der Waals surface area (Å²) in [6, 6.07) is 8.62. The summed E-state index contributed by atoms with van der Waals surface area (Å²) in [5.41, 5.74) is 1.34. The number of hydrogen-bond acceptors (Lipinski definition) is 6. The van der Waals surface area contributed by atoms with E-state index in [1.165, 1.54) is 11.3 Å². The lowest BCUT2D eigenvalue weighted by molar-refractivity contribution is -0.140. The number of likely N-dealkylation sites (tertiary alicyclic amines) is 1. The first-order chi connectivity index (χ1) is 15.1. The quantitative estimate of drug-likeness (QED) is 0.379. The van der Waals surface area contributed by atoms with E-state index in [1.807, 2.05) is 55.6 Å². The molecule has 1 aliphatic rings. The highest BCUT2D eigenvalue weighted by Crippen LogP contribution is 2.42. The molecule has 1 aromatic heterocycles. The third-order valence-electron chi connectivity index (χ3n) is 5.50. The van der Waals surface area contributed by atoms with Gasteiger partial charge < -0.3 is 19.6 Å². The molecule has 0 radical (unpaired) electrons. The predicted octanol–water partition coefficient (Wildman–Crippen LogP) is 4.43. The maximum absolute atomic E-state index is 13.1. The second-order valence-electron chi connectivity index (χ2n) is 9.21. The number of nitrogens with zero attached hydrogens (tertiary/aromatic N) is 2. The van der Waals surface area contributed by atoms with E-state index >= 15 is 0 Å². The highest BCUT2D eigenvalue weighted by atomic mass is 32.1. The van der Waals surface area contributed by atoms with E-state index in [2.05, 4.69) is 20.8 Å². The lowest BCUT2D eigenvalue weighted by Gasteiger charge is -2.26. The van der Waals surface area contributed by atoms with Crippen molar-refractivity contribution in [3.8, 4) is 5.75 Å². The van der Waals surface area contributed by atoms with Gasteiger partial charge in [-0.15, -0.1) is 11.3 Å². The summed E-state index contributed by atoms with van der Waals surface area (Å²) in [5.74, 6) is -0.625. The van der Waals surface area contributed by atoms with Gasteiger partial charge in [0.2, 0.25) is 0 Å². The Morgan fingerprint density at radius 1 is 1.22 bits per heavy atom. The summed E-state index contributed by atoms with van der Waals surface area (Å²) < 4.78 is 5.78. The van der Waals surface area contributed by atoms with Gasteiger partial charge >= 0.3 is 0 Å². The van der Waals surface area contributed by atoms with Crippen LogP contribution in [0.5, 0.6) is 5.75 Å². The van der Waals surface area contributed by atoms with Gasteiger partial charge in [0, 0.05) is 29.1 Å². The molecular formula is C25H32N2O4S. The van der Waals surface area contributed by atoms with E-state index in [4.69, 9.17) is 4.74 Å². The van der Waals surface area contributed by atoms with Gasteiger partial charge in [-0.3, -0.25) is 9.59 Å². The van der Waals surface area contributed by atoms with Crippen LogP contribution in [0.25, 0.3) is 5.76 Å². The number of benzene rings is 1. The first-order valence-electron chi connectivity index (χ1n) is 10.8. The zero-order chi connectivity index (χ0) is 23.6. The van der Waals surface area contributed by atoms with Crippen LogP contribution in [0, 0.1) is 0 Å². The Morgan fingerprint density at radius 2 is 1.94 bits per heavy atom. The number of amides is 1. The Labute approximate surface area is 194 Å². The molecule has 32 heavy (non-hydrogen) atoms. The topological polar surface area (TPSA) is 70.1 Å². The van der Waals surface area contributed by atoms with Crippen molar-refractivity contribution in [1.29, 1.82) is 0 Å². The molecule has 1 amide bonds. The predicted molar refractivity (Wildman–Crippen MR) is 128 cm³/mol. The van der Waals surface area contributed by atoms with Crippen molar-refractivity contribution in [2.24, 2.45) is 0 Å². The molecule has 1 unspecified atom stereocenters. The Morgan fingerprint density at radius 3 is 2.50 bits per heavy atom. The van der Waals surface area contributed by atoms with Crippen molar-refractivity contribution in [3.63, 3.8) is 0 Å². The van der Waals surface area contributed by atoms with Gasteiger partial charge in [0.25, 0.3) is 11.7 Å². The molecule has 1 N–H and O–H groups in total. The molecule has 1 saturated heterocycles. The number of aliphatic hydroxyl groups is 1. The minimum absolute atomic E-state index is 0.139. The summed E-state index contributed by atoms with van der Waals surface area (Å²) >= 11 is 1.47. The molecule has 0 bridgehead atoms. The number of ketones is 1. The van der Waals surface area contributed by atoms with Gasteiger partial charge in [-0.2, -0.15) is 0 Å². The van der Waals surface area contributed by atoms with E-state index in [0.29, 0.717) is 25.3 Å². The average Bonchev–Trinajstić information content (AvgIpc) is 3.33. The summed E-state index contributed by atoms with van der Waals surface area (Å²) in [6.45, 7) is 9.68. The van der Waals surface area contributed by atoms with Crippen LogP contribution >= 0.6 is 11.3 Å². The molecule has 0 spiro atoms. The molecule has 1 aromatic carbocycles. The van der Waals surface area contributed by atoms with Crippen LogP contribution in [0.15, 0.2) is 41.3 Å². The van der Waals surface area contributed by atoms with Crippen LogP contribution in [-0.2, 0) is 15.0 Å². The average molecular weight is 457 g/mol. The Bertz CT molecular complexity index is 1020. The molecule has 3 rings (SSSR count). The minimum Gasteiger partial charge on any atom is -0.507 e. The molecule has 0 saturated carbocycles. The second-order valence-corrected chi connectivity index (χ2v) is 10.2. The first-order valence-corrected chi connectivity index (χ1v) is 11.7. The van der Waals surface area contributed by atoms with Gasteiger partial charge in [-0.05, 0) is 56.1 Å². The third kappa shape index (κ3) is 4.74. The van der Waals surface area contributed by atoms with Gasteiger partial charge in [-0.1, -0.05) is 26.8 Å². The molecular weight excluding hydrogens is 424 g/mol. The fourth-order valence-electron chi connectivity index (χ4n) is 3.86. The zero-order valence-electron chi connectivity index (χ0n) is 19.6. The fraction of sp³-hybridized carbons (Fsp3) is 0.440. The Hall–Kier alpha value is -2.64. The zero-order valence-corrected chi connectivity index (χ0v) is 20.5. The number of carbonyl (C=O) groups excluding carboxylic acids is 2. The Balaban J connectivity index is 2.15. The van der Waals surface area contributed by atoms with Gasteiger partial charge in [0.1, 0.15) is 11.5 Å². The molecule has 172 valence electrons. The van der Waals surface area contributed by atoms with Crippen LogP contribution < -0.4 is 4.74 Å². The minimum atomic E-state index is -0.647. The van der Waals surface area contributed by atoms with Crippen LogP contribution in [0.1, 0.15) is 49.7 Å². The molecule has 1 aliphatic heterocycles. The number of ether oxygens (including phenoxy) is 1. The summed E-state index contributed by atoms with van der Waals surface area (Å²) in [6.07, 6.45) is 0. The number of carbonyl (C=O) groups is 2. The summed E-state index contributed by atoms with van der Waals surface area (Å²) in [4.78, 5) is 30.4. The smallest absolute Gasteiger partial charge is 0.295 e. The van der Waals surface area contributed by atoms with Crippen molar-refractivity contribution in [2.45, 2.75) is 39.2 Å². The normalized spacial score (nSPS) is 18.6. The molecule has 1 atom stereocenters. The van der Waals surface area contributed by atoms with E-state index in [-0.39, 0.29) is 16.7 Å². The highest BCUT2D eigenvalue weighted by Gasteiger charge is 2.46. The number of Topliss-reactive ketones (excluding diaryl/α,β-unsaturated/α-hetero) is 1. The number of thiophene rings is 1. The fourth-order valence-corrected chi connectivity index (χ4v) is 4.71. The maximum Gasteiger partial charge on any atom is 0.295 e. The maximum atomic E-state index is 13.1. The van der Waals surface area contributed by atoms with Gasteiger partial charge in [-0.25, -0.2) is 0 Å². The molecule has 7 heteroatoms. The molecule has 6 nitrogen and oxygen atoms in total. The van der Waals surface area contributed by atoms with Crippen molar-refractivity contribution < 1.29 is 19.4 Å². The number of rotatable bonds is 7. The number of hydrogen-bond donors (Lipinski definition) is 1. The molecule has 0 aliphatic carbocycles. The number of aliphatic hydroxyl groups excluding tert-OH is 1. The monoisotopic (exact) mass is 456 g/mol. The van der Waals surface area contributed by atoms with E-state index in [1.54, 1.807) is 11.0 Å². The van der Waals surface area contributed by atoms with E-state index in [9.17, 15) is 14.7 Å². The summed E-state index contributed by atoms with van der Waals surface area (Å²) in [5, 5.41) is 13.2. The van der Waals surface area contributed by atoms with Crippen LogP contribution in [-0.4, -0.2) is 60.4 Å². The Kier molecular flexibility index (Phi) is 7.10. The van der Waals surface area contributed by atoms with Crippen molar-refractivity contribution >= 4 is 28.8 Å². The van der Waals surface area contributed by atoms with Crippen LogP contribution in [0.2, 0.25) is 0 Å².